The van der Waals surface area contributed by atoms with Gasteiger partial charge in [-0.1, -0.05) is 28.1 Å². The van der Waals surface area contributed by atoms with E-state index < -0.39 is 24.5 Å². The minimum atomic E-state index is -3.59. The summed E-state index contributed by atoms with van der Waals surface area (Å²) < 4.78 is 21.5. The first-order valence-corrected chi connectivity index (χ1v) is 7.56. The number of hydrogen-bond donors (Lipinski definition) is 1. The van der Waals surface area contributed by atoms with Crippen molar-refractivity contribution in [2.24, 2.45) is 0 Å². The summed E-state index contributed by atoms with van der Waals surface area (Å²) in [4.78, 5) is 10.0. The molecular weight excluding hydrogens is 326 g/mol. The van der Waals surface area contributed by atoms with Crippen LogP contribution in [0.4, 0.5) is 5.69 Å². The quantitative estimate of drug-likeness (QED) is 0.513. The number of nitrogens with zero attached hydrogens (tertiary/aromatic N) is 1. The van der Waals surface area contributed by atoms with Crippen LogP contribution in [0, 0.1) is 10.1 Å². The summed E-state index contributed by atoms with van der Waals surface area (Å²) in [6.45, 7) is 1.30. The van der Waals surface area contributed by atoms with Gasteiger partial charge >= 0.3 is 0 Å². The Kier molecular flexibility index (Phi) is 4.14. The van der Waals surface area contributed by atoms with Gasteiger partial charge in [-0.15, -0.1) is 0 Å². The minimum Gasteiger partial charge on any atom is -0.386 e. The average Bonchev–Trinajstić information content (AvgIpc) is 2.26. The van der Waals surface area contributed by atoms with Crippen molar-refractivity contribution in [2.75, 3.05) is 6.26 Å². The highest BCUT2D eigenvalue weighted by Crippen LogP contribution is 2.38. The molecule has 0 aliphatic carbocycles. The Balaban J connectivity index is 3.23. The summed E-state index contributed by atoms with van der Waals surface area (Å²) in [6.07, 6.45) is -0.435. The Hall–Kier alpha value is -0.990. The van der Waals surface area contributed by atoms with E-state index in [2.05, 4.69) is 15.9 Å². The van der Waals surface area contributed by atoms with Crippen molar-refractivity contribution in [1.82, 2.24) is 0 Å². The van der Waals surface area contributed by atoms with Crippen molar-refractivity contribution in [3.05, 3.63) is 39.9 Å². The number of rotatable bonds is 4. The van der Waals surface area contributed by atoms with Gasteiger partial charge in [0.2, 0.25) is 0 Å². The second-order valence-electron chi connectivity index (χ2n) is 4.01. The molecule has 0 aromatic heterocycles. The molecule has 0 spiro atoms. The van der Waals surface area contributed by atoms with Gasteiger partial charge < -0.3 is 5.11 Å². The van der Waals surface area contributed by atoms with Crippen LogP contribution in [0.3, 0.4) is 0 Å². The lowest BCUT2D eigenvalue weighted by Crippen LogP contribution is -2.34. The first-order valence-electron chi connectivity index (χ1n) is 4.88. The molecule has 0 aliphatic heterocycles. The Bertz CT molecular complexity index is 569. The van der Waals surface area contributed by atoms with E-state index in [9.17, 15) is 23.6 Å². The molecule has 0 fully saturated rings. The third kappa shape index (κ3) is 2.88. The van der Waals surface area contributed by atoms with Gasteiger partial charge in [-0.05, 0) is 12.5 Å². The molecule has 0 unspecified atom stereocenters. The van der Waals surface area contributed by atoms with Crippen molar-refractivity contribution in [3.63, 3.8) is 0 Å². The van der Waals surface area contributed by atoms with Crippen LogP contribution in [0.25, 0.3) is 0 Å². The Morgan fingerprint density at radius 3 is 2.50 bits per heavy atom. The summed E-state index contributed by atoms with van der Waals surface area (Å²) in [5.74, 6) is 0. The van der Waals surface area contributed by atoms with Gasteiger partial charge in [0.15, 0.2) is 13.5 Å². The topological polar surface area (TPSA) is 97.5 Å². The van der Waals surface area contributed by atoms with Crippen molar-refractivity contribution < 1.29 is 18.4 Å². The van der Waals surface area contributed by atoms with Gasteiger partial charge in [0.25, 0.3) is 5.69 Å². The maximum absolute atomic E-state index is 11.5. The van der Waals surface area contributed by atoms with Crippen molar-refractivity contribution in [3.8, 4) is 0 Å². The first kappa shape index (κ1) is 15.1. The van der Waals surface area contributed by atoms with Crippen LogP contribution in [0.15, 0.2) is 24.3 Å². The molecule has 18 heavy (non-hydrogen) atoms. The molecule has 100 valence electrons. The molecule has 8 heteroatoms. The molecule has 1 aromatic carbocycles. The number of halogens is 1. The lowest BCUT2D eigenvalue weighted by atomic mass is 10.1. The molecule has 0 saturated heterocycles. The van der Waals surface area contributed by atoms with E-state index >= 15 is 0 Å². The lowest BCUT2D eigenvalue weighted by molar-refractivity contribution is -0.385. The van der Waals surface area contributed by atoms with E-state index in [4.69, 9.17) is 0 Å². The number of sulfone groups is 1. The van der Waals surface area contributed by atoms with Crippen molar-refractivity contribution >= 4 is 31.5 Å². The number of nitro benzene ring substituents is 1. The van der Waals surface area contributed by atoms with Crippen LogP contribution in [0.1, 0.15) is 18.6 Å². The van der Waals surface area contributed by atoms with Crippen LogP contribution in [0.2, 0.25) is 0 Å². The Labute approximate surface area is 113 Å². The summed E-state index contributed by atoms with van der Waals surface area (Å²) in [5.41, 5.74) is -0.0441. The highest BCUT2D eigenvalue weighted by molar-refractivity contribution is 9.11. The van der Waals surface area contributed by atoms with Gasteiger partial charge in [0.05, 0.1) is 4.92 Å². The number of aliphatic hydroxyl groups is 1. The molecule has 0 aliphatic rings. The zero-order valence-corrected chi connectivity index (χ0v) is 12.1. The predicted octanol–water partition coefficient (Wildman–Crippen LogP) is 1.78. The van der Waals surface area contributed by atoms with Gasteiger partial charge in [-0.3, -0.25) is 10.1 Å². The van der Waals surface area contributed by atoms with Crippen LogP contribution in [-0.2, 0) is 9.84 Å². The molecule has 6 nitrogen and oxygen atoms in total. The molecule has 0 amide bonds. The van der Waals surface area contributed by atoms with E-state index in [1.807, 2.05) is 0 Å². The summed E-state index contributed by atoms with van der Waals surface area (Å²) >= 11 is 2.96. The summed E-state index contributed by atoms with van der Waals surface area (Å²) in [6, 6.07) is 5.24. The second kappa shape index (κ2) is 4.94. The monoisotopic (exact) mass is 337 g/mol. The van der Waals surface area contributed by atoms with Gasteiger partial charge in [-0.2, -0.15) is 0 Å². The second-order valence-corrected chi connectivity index (χ2v) is 8.58. The summed E-state index contributed by atoms with van der Waals surface area (Å²) in [7, 11) is -3.59. The highest BCUT2D eigenvalue weighted by Gasteiger charge is 2.41. The highest BCUT2D eigenvalue weighted by atomic mass is 79.9. The fourth-order valence-corrected chi connectivity index (χ4v) is 2.11. The van der Waals surface area contributed by atoms with E-state index in [0.29, 0.717) is 0 Å². The molecule has 1 rings (SSSR count). The third-order valence-corrected chi connectivity index (χ3v) is 6.48. The zero-order chi connectivity index (χ0) is 14.1. The van der Waals surface area contributed by atoms with E-state index in [0.717, 1.165) is 12.3 Å². The van der Waals surface area contributed by atoms with Crippen LogP contribution >= 0.6 is 15.9 Å². The van der Waals surface area contributed by atoms with E-state index in [1.165, 1.54) is 25.1 Å². The zero-order valence-electron chi connectivity index (χ0n) is 9.70. The molecule has 0 bridgehead atoms. The maximum atomic E-state index is 11.5. The van der Waals surface area contributed by atoms with Crippen molar-refractivity contribution in [1.29, 1.82) is 0 Å². The maximum Gasteiger partial charge on any atom is 0.269 e. The normalized spacial score (nSPS) is 16.9. The third-order valence-electron chi connectivity index (χ3n) is 2.61. The van der Waals surface area contributed by atoms with Gasteiger partial charge in [0, 0.05) is 18.4 Å². The number of non-ortho nitro benzene ring substituents is 1. The number of nitro groups is 1. The lowest BCUT2D eigenvalue weighted by Gasteiger charge is -2.26. The minimum absolute atomic E-state index is 0.161. The van der Waals surface area contributed by atoms with Crippen LogP contribution < -0.4 is 0 Å². The fourth-order valence-electron chi connectivity index (χ4n) is 1.31. The average molecular weight is 338 g/mol. The van der Waals surface area contributed by atoms with E-state index in [1.54, 1.807) is 0 Å². The van der Waals surface area contributed by atoms with Crippen molar-refractivity contribution in [2.45, 2.75) is 16.7 Å². The largest absolute Gasteiger partial charge is 0.386 e. The smallest absolute Gasteiger partial charge is 0.269 e. The Morgan fingerprint density at radius 1 is 1.50 bits per heavy atom. The molecule has 0 radical (unpaired) electrons. The molecule has 0 saturated carbocycles. The van der Waals surface area contributed by atoms with Gasteiger partial charge in [0.1, 0.15) is 6.10 Å². The first-order chi connectivity index (χ1) is 8.07. The number of aliphatic hydroxyl groups excluding tert-OH is 1. The number of alkyl halides is 1. The number of benzene rings is 1. The SMILES string of the molecule is C[C@@](Br)([C@H](O)c1cccc([N+](=O)[O-])c1)S(C)(=O)=O. The van der Waals surface area contributed by atoms with Gasteiger partial charge in [-0.25, -0.2) is 8.42 Å². The van der Waals surface area contributed by atoms with E-state index in [-0.39, 0.29) is 11.3 Å². The number of hydrogen-bond acceptors (Lipinski definition) is 5. The standard InChI is InChI=1S/C10H12BrNO5S/c1-10(11,18(2,16)17)9(13)7-4-3-5-8(6-7)12(14)15/h3-6,9,13H,1-2H3/t9-,10+/m1/s1. The molecule has 2 atom stereocenters. The summed E-state index contributed by atoms with van der Waals surface area (Å²) in [5, 5.41) is 20.7. The van der Waals surface area contributed by atoms with Crippen LogP contribution in [0.5, 0.6) is 0 Å². The molecular formula is C10H12BrNO5S. The molecule has 1 aromatic rings. The fraction of sp³-hybridized carbons (Fsp3) is 0.400. The molecule has 1 N–H and O–H groups in total. The predicted molar refractivity (Wildman–Crippen MR) is 70.2 cm³/mol. The van der Waals surface area contributed by atoms with Crippen LogP contribution in [-0.4, -0.2) is 28.4 Å². The molecule has 0 heterocycles. The Morgan fingerprint density at radius 2 is 2.06 bits per heavy atom.